The van der Waals surface area contributed by atoms with Crippen molar-refractivity contribution in [1.29, 1.82) is 0 Å². The van der Waals surface area contributed by atoms with Gasteiger partial charge in [0.05, 0.1) is 6.04 Å². The molecule has 0 saturated carbocycles. The molecular weight excluding hydrogens is 282 g/mol. The predicted molar refractivity (Wildman–Crippen MR) is 96.6 cm³/mol. The molecule has 2 aliphatic rings. The van der Waals surface area contributed by atoms with Crippen molar-refractivity contribution in [3.8, 4) is 0 Å². The van der Waals surface area contributed by atoms with Crippen LogP contribution in [0.4, 0.5) is 11.4 Å². The Bertz CT molecular complexity index is 646. The Morgan fingerprint density at radius 2 is 1.30 bits per heavy atom. The summed E-state index contributed by atoms with van der Waals surface area (Å²) in [6.45, 7) is 2.05. The first-order valence-electron chi connectivity index (χ1n) is 8.16. The highest BCUT2D eigenvalue weighted by molar-refractivity contribution is 5.58. The highest BCUT2D eigenvalue weighted by Crippen LogP contribution is 2.30. The monoisotopic (exact) mass is 303 g/mol. The molecule has 0 bridgehead atoms. The smallest absolute Gasteiger partial charge is 0.126 e. The fraction of sp³-hybridized carbons (Fsp3) is 0.200. The highest BCUT2D eigenvalue weighted by Gasteiger charge is 2.37. The molecule has 1 saturated heterocycles. The van der Waals surface area contributed by atoms with Crippen molar-refractivity contribution in [2.75, 3.05) is 22.9 Å². The number of anilines is 2. The maximum atomic E-state index is 3.51. The van der Waals surface area contributed by atoms with Gasteiger partial charge < -0.3 is 15.1 Å². The van der Waals surface area contributed by atoms with E-state index in [9.17, 15) is 0 Å². The van der Waals surface area contributed by atoms with E-state index in [2.05, 4.69) is 87.9 Å². The van der Waals surface area contributed by atoms with Crippen molar-refractivity contribution in [3.63, 3.8) is 0 Å². The molecule has 23 heavy (non-hydrogen) atoms. The van der Waals surface area contributed by atoms with Crippen molar-refractivity contribution < 1.29 is 0 Å². The minimum Gasteiger partial charge on any atom is -0.381 e. The fourth-order valence-electron chi connectivity index (χ4n) is 3.49. The molecule has 2 aromatic carbocycles. The van der Waals surface area contributed by atoms with E-state index in [1.807, 2.05) is 12.3 Å². The molecule has 0 amide bonds. The van der Waals surface area contributed by atoms with Crippen LogP contribution in [0, 0.1) is 0 Å². The van der Waals surface area contributed by atoms with Crippen molar-refractivity contribution in [2.45, 2.75) is 12.2 Å². The van der Waals surface area contributed by atoms with Crippen molar-refractivity contribution in [2.24, 2.45) is 0 Å². The molecular formula is C20H21N3. The standard InChI is InChI=1S/C20H21N3/c1-3-9-17(10-4-1)22-15-16-23(18-11-5-2-6-12-18)20(22)19-13-7-8-14-21-19/h1-14,19-21H,15-16H2. The lowest BCUT2D eigenvalue weighted by atomic mass is 10.1. The molecule has 0 spiro atoms. The molecule has 1 atom stereocenters. The van der Waals surface area contributed by atoms with Gasteiger partial charge in [-0.1, -0.05) is 48.6 Å². The molecule has 0 radical (unpaired) electrons. The lowest BCUT2D eigenvalue weighted by Crippen LogP contribution is -2.52. The minimum atomic E-state index is 0.265. The van der Waals surface area contributed by atoms with Gasteiger partial charge in [-0.2, -0.15) is 0 Å². The lowest BCUT2D eigenvalue weighted by molar-refractivity contribution is 0.541. The minimum absolute atomic E-state index is 0.265. The highest BCUT2D eigenvalue weighted by atomic mass is 15.4. The quantitative estimate of drug-likeness (QED) is 0.938. The van der Waals surface area contributed by atoms with Gasteiger partial charge in [0.2, 0.25) is 0 Å². The topological polar surface area (TPSA) is 18.5 Å². The van der Waals surface area contributed by atoms with Crippen LogP contribution in [-0.4, -0.2) is 25.3 Å². The number of allylic oxidation sites excluding steroid dienone is 2. The first-order chi connectivity index (χ1) is 11.4. The Morgan fingerprint density at radius 3 is 1.78 bits per heavy atom. The SMILES string of the molecule is C1=CNC(C2N(c3ccccc3)CCN2c2ccccc2)C=C1. The Hall–Kier alpha value is -2.68. The second kappa shape index (κ2) is 6.21. The Morgan fingerprint density at radius 1 is 0.739 bits per heavy atom. The van der Waals surface area contributed by atoms with Crippen LogP contribution in [0.15, 0.2) is 85.1 Å². The van der Waals surface area contributed by atoms with Crippen LogP contribution >= 0.6 is 0 Å². The Balaban J connectivity index is 1.70. The van der Waals surface area contributed by atoms with E-state index < -0.39 is 0 Å². The van der Waals surface area contributed by atoms with Gasteiger partial charge in [0.25, 0.3) is 0 Å². The largest absolute Gasteiger partial charge is 0.381 e. The number of rotatable bonds is 3. The number of para-hydroxylation sites is 2. The van der Waals surface area contributed by atoms with E-state index in [1.54, 1.807) is 0 Å². The molecule has 3 nitrogen and oxygen atoms in total. The molecule has 2 heterocycles. The molecule has 1 unspecified atom stereocenters. The van der Waals surface area contributed by atoms with E-state index in [0.717, 1.165) is 13.1 Å². The summed E-state index contributed by atoms with van der Waals surface area (Å²) in [5, 5.41) is 3.51. The maximum Gasteiger partial charge on any atom is 0.126 e. The van der Waals surface area contributed by atoms with Gasteiger partial charge in [-0.3, -0.25) is 0 Å². The lowest BCUT2D eigenvalue weighted by Gasteiger charge is -2.38. The van der Waals surface area contributed by atoms with E-state index >= 15 is 0 Å². The molecule has 4 rings (SSSR count). The third-order valence-corrected chi connectivity index (χ3v) is 4.53. The molecule has 116 valence electrons. The van der Waals surface area contributed by atoms with Crippen LogP contribution < -0.4 is 15.1 Å². The van der Waals surface area contributed by atoms with Crippen LogP contribution in [-0.2, 0) is 0 Å². The maximum absolute atomic E-state index is 3.51. The number of benzene rings is 2. The van der Waals surface area contributed by atoms with Gasteiger partial charge in [-0.05, 0) is 36.5 Å². The molecule has 2 aliphatic heterocycles. The van der Waals surface area contributed by atoms with E-state index in [1.165, 1.54) is 11.4 Å². The summed E-state index contributed by atoms with van der Waals surface area (Å²) >= 11 is 0. The Kier molecular flexibility index (Phi) is 3.76. The fourth-order valence-corrected chi connectivity index (χ4v) is 3.49. The first-order valence-corrected chi connectivity index (χ1v) is 8.16. The van der Waals surface area contributed by atoms with Gasteiger partial charge in [-0.15, -0.1) is 0 Å². The van der Waals surface area contributed by atoms with Gasteiger partial charge in [0.1, 0.15) is 6.17 Å². The number of nitrogens with zero attached hydrogens (tertiary/aromatic N) is 2. The van der Waals surface area contributed by atoms with Crippen molar-refractivity contribution in [3.05, 3.63) is 85.1 Å². The summed E-state index contributed by atoms with van der Waals surface area (Å²) in [4.78, 5) is 4.99. The van der Waals surface area contributed by atoms with E-state index in [-0.39, 0.29) is 12.2 Å². The van der Waals surface area contributed by atoms with Gasteiger partial charge >= 0.3 is 0 Å². The Labute approximate surface area is 137 Å². The molecule has 0 aromatic heterocycles. The van der Waals surface area contributed by atoms with Crippen LogP contribution in [0.2, 0.25) is 0 Å². The van der Waals surface area contributed by atoms with Crippen LogP contribution in [0.25, 0.3) is 0 Å². The number of hydrogen-bond donors (Lipinski definition) is 1. The number of nitrogens with one attached hydrogen (secondary N) is 1. The number of dihydropyridines is 1. The zero-order valence-corrected chi connectivity index (χ0v) is 13.0. The second-order valence-electron chi connectivity index (χ2n) is 5.91. The zero-order chi connectivity index (χ0) is 15.5. The second-order valence-corrected chi connectivity index (χ2v) is 5.91. The third kappa shape index (κ3) is 2.70. The summed E-state index contributed by atoms with van der Waals surface area (Å²) in [5.74, 6) is 0. The van der Waals surface area contributed by atoms with Crippen LogP contribution in [0.3, 0.4) is 0 Å². The number of hydrogen-bond acceptors (Lipinski definition) is 3. The van der Waals surface area contributed by atoms with Gasteiger partial charge in [0, 0.05) is 24.5 Å². The molecule has 1 fully saturated rings. The van der Waals surface area contributed by atoms with E-state index in [0.29, 0.717) is 0 Å². The molecule has 2 aromatic rings. The van der Waals surface area contributed by atoms with E-state index in [4.69, 9.17) is 0 Å². The third-order valence-electron chi connectivity index (χ3n) is 4.53. The summed E-state index contributed by atoms with van der Waals surface area (Å²) in [5.41, 5.74) is 2.56. The summed E-state index contributed by atoms with van der Waals surface area (Å²) < 4.78 is 0. The normalized spacial score (nSPS) is 20.8. The summed E-state index contributed by atoms with van der Waals surface area (Å²) in [6, 6.07) is 21.7. The average Bonchev–Trinajstić information content (AvgIpc) is 3.09. The summed E-state index contributed by atoms with van der Waals surface area (Å²) in [7, 11) is 0. The predicted octanol–water partition coefficient (Wildman–Crippen LogP) is 3.38. The first kappa shape index (κ1) is 13.9. The van der Waals surface area contributed by atoms with Crippen molar-refractivity contribution >= 4 is 11.4 Å². The van der Waals surface area contributed by atoms with Gasteiger partial charge in [0.15, 0.2) is 0 Å². The van der Waals surface area contributed by atoms with Gasteiger partial charge in [-0.25, -0.2) is 0 Å². The molecule has 3 heteroatoms. The average molecular weight is 303 g/mol. The molecule has 1 N–H and O–H groups in total. The van der Waals surface area contributed by atoms with Crippen LogP contribution in [0.5, 0.6) is 0 Å². The zero-order valence-electron chi connectivity index (χ0n) is 13.0. The molecule has 0 aliphatic carbocycles. The van der Waals surface area contributed by atoms with Crippen LogP contribution in [0.1, 0.15) is 0 Å². The van der Waals surface area contributed by atoms with Crippen molar-refractivity contribution in [1.82, 2.24) is 5.32 Å². The summed E-state index contributed by atoms with van der Waals surface area (Å²) in [6.07, 6.45) is 8.73.